The Morgan fingerprint density at radius 3 is 2.84 bits per heavy atom. The van der Waals surface area contributed by atoms with Crippen molar-refractivity contribution in [3.05, 3.63) is 39.2 Å². The first-order valence-electron chi connectivity index (χ1n) is 8.05. The van der Waals surface area contributed by atoms with Crippen molar-refractivity contribution in [2.45, 2.75) is 19.6 Å². The molecule has 25 heavy (non-hydrogen) atoms. The van der Waals surface area contributed by atoms with Crippen LogP contribution in [0.2, 0.25) is 5.02 Å². The van der Waals surface area contributed by atoms with E-state index in [1.165, 1.54) is 0 Å². The molecule has 2 N–H and O–H groups in total. The SMILES string of the molecule is Cc1sc(CNC(=O)NCC2COCCO2)nc1-c1ccc(Cl)cc1. The number of rotatable bonds is 5. The fourth-order valence-corrected chi connectivity index (χ4v) is 3.50. The Balaban J connectivity index is 1.50. The molecule has 1 aliphatic heterocycles. The molecule has 1 aliphatic rings. The third-order valence-electron chi connectivity index (χ3n) is 3.73. The molecule has 0 aliphatic carbocycles. The molecule has 1 atom stereocenters. The van der Waals surface area contributed by atoms with E-state index in [1.807, 2.05) is 31.2 Å². The molecule has 2 aromatic rings. The maximum atomic E-state index is 11.9. The molecule has 2 heterocycles. The minimum absolute atomic E-state index is 0.0851. The quantitative estimate of drug-likeness (QED) is 0.835. The lowest BCUT2D eigenvalue weighted by atomic mass is 10.1. The number of benzene rings is 1. The van der Waals surface area contributed by atoms with Gasteiger partial charge in [-0.25, -0.2) is 9.78 Å². The van der Waals surface area contributed by atoms with Crippen molar-refractivity contribution in [2.24, 2.45) is 0 Å². The summed E-state index contributed by atoms with van der Waals surface area (Å²) in [6.07, 6.45) is -0.0851. The zero-order valence-corrected chi connectivity index (χ0v) is 15.5. The van der Waals surface area contributed by atoms with Crippen molar-refractivity contribution in [1.82, 2.24) is 15.6 Å². The van der Waals surface area contributed by atoms with Crippen molar-refractivity contribution >= 4 is 29.0 Å². The summed E-state index contributed by atoms with van der Waals surface area (Å²) in [4.78, 5) is 17.6. The number of aryl methyl sites for hydroxylation is 1. The van der Waals surface area contributed by atoms with Gasteiger partial charge in [0.25, 0.3) is 0 Å². The second-order valence-corrected chi connectivity index (χ2v) is 7.37. The topological polar surface area (TPSA) is 72.5 Å². The van der Waals surface area contributed by atoms with E-state index < -0.39 is 0 Å². The van der Waals surface area contributed by atoms with Crippen LogP contribution in [-0.2, 0) is 16.0 Å². The lowest BCUT2D eigenvalue weighted by Gasteiger charge is -2.23. The van der Waals surface area contributed by atoms with Gasteiger partial charge in [-0.2, -0.15) is 0 Å². The number of nitrogens with one attached hydrogen (secondary N) is 2. The second kappa shape index (κ2) is 8.62. The van der Waals surface area contributed by atoms with Crippen LogP contribution in [0, 0.1) is 6.92 Å². The van der Waals surface area contributed by atoms with Crippen LogP contribution in [0.4, 0.5) is 4.79 Å². The van der Waals surface area contributed by atoms with Gasteiger partial charge in [0.15, 0.2) is 0 Å². The molecule has 0 spiro atoms. The molecule has 1 fully saturated rings. The lowest BCUT2D eigenvalue weighted by Crippen LogP contribution is -2.43. The van der Waals surface area contributed by atoms with E-state index in [2.05, 4.69) is 15.6 Å². The normalized spacial score (nSPS) is 17.3. The summed E-state index contributed by atoms with van der Waals surface area (Å²) in [6, 6.07) is 7.34. The van der Waals surface area contributed by atoms with E-state index in [1.54, 1.807) is 11.3 Å². The van der Waals surface area contributed by atoms with Crippen LogP contribution in [0.1, 0.15) is 9.88 Å². The molecular formula is C17H20ClN3O3S. The smallest absolute Gasteiger partial charge is 0.315 e. The van der Waals surface area contributed by atoms with Gasteiger partial charge < -0.3 is 20.1 Å². The molecule has 8 heteroatoms. The fourth-order valence-electron chi connectivity index (χ4n) is 2.48. The summed E-state index contributed by atoms with van der Waals surface area (Å²) in [5.41, 5.74) is 1.94. The average molecular weight is 382 g/mol. The molecule has 1 saturated heterocycles. The number of ether oxygens (including phenoxy) is 2. The number of halogens is 1. The van der Waals surface area contributed by atoms with E-state index in [-0.39, 0.29) is 12.1 Å². The molecule has 134 valence electrons. The average Bonchev–Trinajstić information content (AvgIpc) is 3.00. The molecule has 0 saturated carbocycles. The summed E-state index contributed by atoms with van der Waals surface area (Å²) in [5, 5.41) is 7.16. The zero-order valence-electron chi connectivity index (χ0n) is 13.9. The summed E-state index contributed by atoms with van der Waals surface area (Å²) in [6.45, 7) is 4.52. The molecule has 3 rings (SSSR count). The maximum Gasteiger partial charge on any atom is 0.315 e. The number of hydrogen-bond donors (Lipinski definition) is 2. The number of thiazole rings is 1. The molecule has 2 amide bonds. The predicted molar refractivity (Wildman–Crippen MR) is 98.1 cm³/mol. The molecule has 1 aromatic carbocycles. The van der Waals surface area contributed by atoms with E-state index in [9.17, 15) is 4.79 Å². The van der Waals surface area contributed by atoms with Crippen LogP contribution in [0.15, 0.2) is 24.3 Å². The Morgan fingerprint density at radius 2 is 2.12 bits per heavy atom. The molecular weight excluding hydrogens is 362 g/mol. The van der Waals surface area contributed by atoms with Gasteiger partial charge in [0.05, 0.1) is 38.2 Å². The van der Waals surface area contributed by atoms with Gasteiger partial charge >= 0.3 is 6.03 Å². The largest absolute Gasteiger partial charge is 0.376 e. The van der Waals surface area contributed by atoms with Gasteiger partial charge in [-0.1, -0.05) is 23.7 Å². The summed E-state index contributed by atoms with van der Waals surface area (Å²) >= 11 is 7.50. The second-order valence-electron chi connectivity index (χ2n) is 5.65. The molecule has 0 bridgehead atoms. The van der Waals surface area contributed by atoms with Crippen molar-refractivity contribution in [1.29, 1.82) is 0 Å². The van der Waals surface area contributed by atoms with Crippen LogP contribution in [-0.4, -0.2) is 43.5 Å². The maximum absolute atomic E-state index is 11.9. The summed E-state index contributed by atoms with van der Waals surface area (Å²) in [5.74, 6) is 0. The monoisotopic (exact) mass is 381 g/mol. The minimum atomic E-state index is -0.241. The first-order valence-corrected chi connectivity index (χ1v) is 9.24. The van der Waals surface area contributed by atoms with Crippen molar-refractivity contribution in [3.63, 3.8) is 0 Å². The van der Waals surface area contributed by atoms with E-state index in [4.69, 9.17) is 21.1 Å². The fraction of sp³-hybridized carbons (Fsp3) is 0.412. The Kier molecular flexibility index (Phi) is 6.25. The molecule has 1 aromatic heterocycles. The van der Waals surface area contributed by atoms with Gasteiger partial charge in [-0.15, -0.1) is 11.3 Å². The number of carbonyl (C=O) groups excluding carboxylic acids is 1. The number of carbonyl (C=O) groups is 1. The highest BCUT2D eigenvalue weighted by atomic mass is 35.5. The minimum Gasteiger partial charge on any atom is -0.376 e. The first-order chi connectivity index (χ1) is 12.1. The number of hydrogen-bond acceptors (Lipinski definition) is 5. The highest BCUT2D eigenvalue weighted by molar-refractivity contribution is 7.12. The third-order valence-corrected chi connectivity index (χ3v) is 4.96. The van der Waals surface area contributed by atoms with Crippen LogP contribution >= 0.6 is 22.9 Å². The molecule has 6 nitrogen and oxygen atoms in total. The van der Waals surface area contributed by atoms with Gasteiger partial charge in [-0.05, 0) is 19.1 Å². The Morgan fingerprint density at radius 1 is 1.32 bits per heavy atom. The number of urea groups is 1. The van der Waals surface area contributed by atoms with Crippen LogP contribution in [0.25, 0.3) is 11.3 Å². The van der Waals surface area contributed by atoms with E-state index in [0.717, 1.165) is 21.1 Å². The van der Waals surface area contributed by atoms with E-state index >= 15 is 0 Å². The summed E-state index contributed by atoms with van der Waals surface area (Å²) < 4.78 is 10.8. The van der Waals surface area contributed by atoms with Crippen molar-refractivity contribution in [2.75, 3.05) is 26.4 Å². The predicted octanol–water partition coefficient (Wildman–Crippen LogP) is 2.99. The zero-order chi connectivity index (χ0) is 17.6. The molecule has 1 unspecified atom stereocenters. The Hall–Kier alpha value is -1.67. The van der Waals surface area contributed by atoms with Gasteiger partial charge in [0.1, 0.15) is 5.01 Å². The van der Waals surface area contributed by atoms with Crippen molar-refractivity contribution < 1.29 is 14.3 Å². The van der Waals surface area contributed by atoms with E-state index in [0.29, 0.717) is 37.9 Å². The highest BCUT2D eigenvalue weighted by Gasteiger charge is 2.15. The third kappa shape index (κ3) is 5.15. The number of nitrogens with zero attached hydrogens (tertiary/aromatic N) is 1. The van der Waals surface area contributed by atoms with Crippen LogP contribution < -0.4 is 10.6 Å². The lowest BCUT2D eigenvalue weighted by molar-refractivity contribution is -0.0853. The van der Waals surface area contributed by atoms with Gasteiger partial charge in [-0.3, -0.25) is 0 Å². The standard InChI is InChI=1S/C17H20ClN3O3S/c1-11-16(12-2-4-13(18)5-3-12)21-15(25-11)9-20-17(22)19-8-14-10-23-6-7-24-14/h2-5,14H,6-10H2,1H3,(H2,19,20,22). The Bertz CT molecular complexity index is 714. The number of aromatic nitrogens is 1. The van der Waals surface area contributed by atoms with Crippen LogP contribution in [0.3, 0.4) is 0 Å². The number of amides is 2. The highest BCUT2D eigenvalue weighted by Crippen LogP contribution is 2.28. The van der Waals surface area contributed by atoms with Crippen molar-refractivity contribution in [3.8, 4) is 11.3 Å². The summed E-state index contributed by atoms with van der Waals surface area (Å²) in [7, 11) is 0. The van der Waals surface area contributed by atoms with Gasteiger partial charge in [0, 0.05) is 22.0 Å². The van der Waals surface area contributed by atoms with Gasteiger partial charge in [0.2, 0.25) is 0 Å². The first kappa shape index (κ1) is 18.1. The Labute approximate surface area is 155 Å². The molecule has 0 radical (unpaired) electrons. The van der Waals surface area contributed by atoms with Crippen LogP contribution in [0.5, 0.6) is 0 Å².